The quantitative estimate of drug-likeness (QED) is 0.246. The van der Waals surface area contributed by atoms with Crippen molar-refractivity contribution in [1.29, 1.82) is 0 Å². The van der Waals surface area contributed by atoms with E-state index in [2.05, 4.69) is 51.0 Å². The van der Waals surface area contributed by atoms with Gasteiger partial charge in [-0.05, 0) is 44.6 Å². The molecule has 0 aromatic heterocycles. The molecule has 0 atom stereocenters. The minimum absolute atomic E-state index is 0.800. The molecule has 1 aromatic rings. The highest BCUT2D eigenvalue weighted by Crippen LogP contribution is 2.24. The predicted octanol–water partition coefficient (Wildman–Crippen LogP) is 7.23. The number of ether oxygens (including phenoxy) is 2. The maximum Gasteiger partial charge on any atom is 0.123 e. The Labute approximate surface area is 174 Å². The van der Waals surface area contributed by atoms with Crippen LogP contribution in [0, 0.1) is 0 Å². The lowest BCUT2D eigenvalue weighted by Crippen LogP contribution is -2.11. The third-order valence-corrected chi connectivity index (χ3v) is 4.97. The molecule has 0 radical (unpaired) electrons. The summed E-state index contributed by atoms with van der Waals surface area (Å²) in [5, 5.41) is 0. The van der Waals surface area contributed by atoms with Crippen LogP contribution in [-0.4, -0.2) is 32.2 Å². The molecule has 1 aromatic carbocycles. The van der Waals surface area contributed by atoms with E-state index in [-0.39, 0.29) is 0 Å². The fourth-order valence-electron chi connectivity index (χ4n) is 3.40. The maximum atomic E-state index is 6.05. The van der Waals surface area contributed by atoms with Crippen LogP contribution < -0.4 is 9.47 Å². The first kappa shape index (κ1) is 24.8. The molecule has 0 saturated carbocycles. The molecule has 0 fully saturated rings. The van der Waals surface area contributed by atoms with Crippen LogP contribution in [0.4, 0.5) is 0 Å². The van der Waals surface area contributed by atoms with Crippen LogP contribution in [0.1, 0.15) is 96.5 Å². The number of benzene rings is 1. The SMILES string of the molecule is CCCCCCCCOc1cc(CN(C)C)cc(OCCCCCCCC)c1. The summed E-state index contributed by atoms with van der Waals surface area (Å²) in [7, 11) is 4.20. The normalized spacial score (nSPS) is 11.2. The topological polar surface area (TPSA) is 21.7 Å². The van der Waals surface area contributed by atoms with Crippen LogP contribution in [0.3, 0.4) is 0 Å². The largest absolute Gasteiger partial charge is 0.493 e. The first-order chi connectivity index (χ1) is 13.7. The molecule has 0 bridgehead atoms. The molecule has 0 heterocycles. The van der Waals surface area contributed by atoms with Gasteiger partial charge in [0.1, 0.15) is 11.5 Å². The van der Waals surface area contributed by atoms with Gasteiger partial charge in [0.15, 0.2) is 0 Å². The Balaban J connectivity index is 2.41. The van der Waals surface area contributed by atoms with Gasteiger partial charge < -0.3 is 14.4 Å². The van der Waals surface area contributed by atoms with Crippen molar-refractivity contribution >= 4 is 0 Å². The summed E-state index contributed by atoms with van der Waals surface area (Å²) in [6.07, 6.45) is 15.5. The van der Waals surface area contributed by atoms with Gasteiger partial charge in [-0.1, -0.05) is 78.1 Å². The van der Waals surface area contributed by atoms with Crippen LogP contribution in [0.2, 0.25) is 0 Å². The molecule has 1 rings (SSSR count). The van der Waals surface area contributed by atoms with Crippen molar-refractivity contribution < 1.29 is 9.47 Å². The molecule has 0 aliphatic heterocycles. The van der Waals surface area contributed by atoms with Gasteiger partial charge in [0, 0.05) is 12.6 Å². The van der Waals surface area contributed by atoms with Gasteiger partial charge in [-0.15, -0.1) is 0 Å². The fourth-order valence-corrected chi connectivity index (χ4v) is 3.40. The van der Waals surface area contributed by atoms with Crippen molar-refractivity contribution in [2.75, 3.05) is 27.3 Å². The van der Waals surface area contributed by atoms with Crippen LogP contribution in [-0.2, 0) is 6.54 Å². The summed E-state index contributed by atoms with van der Waals surface area (Å²) in [6.45, 7) is 7.02. The number of nitrogens with zero attached hydrogens (tertiary/aromatic N) is 1. The van der Waals surface area contributed by atoms with Crippen LogP contribution >= 0.6 is 0 Å². The van der Waals surface area contributed by atoms with Crippen molar-refractivity contribution in [2.45, 2.75) is 97.4 Å². The molecule has 162 valence electrons. The van der Waals surface area contributed by atoms with Gasteiger partial charge in [-0.2, -0.15) is 0 Å². The first-order valence-electron chi connectivity index (χ1n) is 11.7. The molecule has 3 heteroatoms. The zero-order chi connectivity index (χ0) is 20.5. The molecule has 0 spiro atoms. The van der Waals surface area contributed by atoms with E-state index in [1.54, 1.807) is 0 Å². The van der Waals surface area contributed by atoms with E-state index >= 15 is 0 Å². The molecule has 0 aliphatic carbocycles. The van der Waals surface area contributed by atoms with E-state index in [9.17, 15) is 0 Å². The molecule has 0 N–H and O–H groups in total. The second-order valence-corrected chi connectivity index (χ2v) is 8.28. The monoisotopic (exact) mass is 391 g/mol. The van der Waals surface area contributed by atoms with Gasteiger partial charge in [0.05, 0.1) is 13.2 Å². The second kappa shape index (κ2) is 16.7. The van der Waals surface area contributed by atoms with Crippen LogP contribution in [0.15, 0.2) is 18.2 Å². The fraction of sp³-hybridized carbons (Fsp3) is 0.760. The summed E-state index contributed by atoms with van der Waals surface area (Å²) in [5.41, 5.74) is 1.25. The van der Waals surface area contributed by atoms with Crippen LogP contribution in [0.5, 0.6) is 11.5 Å². The third kappa shape index (κ3) is 13.0. The number of hydrogen-bond donors (Lipinski definition) is 0. The Morgan fingerprint density at radius 3 is 1.46 bits per heavy atom. The Morgan fingerprint density at radius 2 is 1.04 bits per heavy atom. The Bertz CT molecular complexity index is 451. The van der Waals surface area contributed by atoms with Gasteiger partial charge in [-0.3, -0.25) is 0 Å². The van der Waals surface area contributed by atoms with E-state index in [1.807, 2.05) is 0 Å². The smallest absolute Gasteiger partial charge is 0.123 e. The van der Waals surface area contributed by atoms with Crippen molar-refractivity contribution in [2.24, 2.45) is 0 Å². The summed E-state index contributed by atoms with van der Waals surface area (Å²) < 4.78 is 12.1. The Morgan fingerprint density at radius 1 is 0.607 bits per heavy atom. The van der Waals surface area contributed by atoms with Crippen molar-refractivity contribution in [3.63, 3.8) is 0 Å². The van der Waals surface area contributed by atoms with Gasteiger partial charge in [-0.25, -0.2) is 0 Å². The van der Waals surface area contributed by atoms with E-state index < -0.39 is 0 Å². The maximum absolute atomic E-state index is 6.05. The molecule has 0 unspecified atom stereocenters. The molecule has 0 aliphatic rings. The molecular formula is C25H45NO2. The highest BCUT2D eigenvalue weighted by Gasteiger charge is 2.05. The number of rotatable bonds is 18. The van der Waals surface area contributed by atoms with Gasteiger partial charge in [0.2, 0.25) is 0 Å². The standard InChI is InChI=1S/C25H45NO2/c1-5-7-9-11-13-15-17-27-24-19-23(22-26(3)4)20-25(21-24)28-18-16-14-12-10-8-6-2/h19-21H,5-18,22H2,1-4H3. The summed E-state index contributed by atoms with van der Waals surface area (Å²) in [6, 6.07) is 6.39. The van der Waals surface area contributed by atoms with Crippen molar-refractivity contribution in [3.8, 4) is 11.5 Å². The first-order valence-corrected chi connectivity index (χ1v) is 11.7. The lowest BCUT2D eigenvalue weighted by atomic mass is 10.1. The van der Waals surface area contributed by atoms with E-state index in [4.69, 9.17) is 9.47 Å². The average Bonchev–Trinajstić information content (AvgIpc) is 2.66. The Hall–Kier alpha value is -1.22. The minimum Gasteiger partial charge on any atom is -0.493 e. The van der Waals surface area contributed by atoms with E-state index in [0.29, 0.717) is 0 Å². The number of unbranched alkanes of at least 4 members (excludes halogenated alkanes) is 10. The summed E-state index contributed by atoms with van der Waals surface area (Å²) >= 11 is 0. The number of hydrogen-bond acceptors (Lipinski definition) is 3. The summed E-state index contributed by atoms with van der Waals surface area (Å²) in [5.74, 6) is 1.90. The predicted molar refractivity (Wildman–Crippen MR) is 122 cm³/mol. The van der Waals surface area contributed by atoms with Gasteiger partial charge in [0.25, 0.3) is 0 Å². The Kier molecular flexibility index (Phi) is 14.8. The molecule has 28 heavy (non-hydrogen) atoms. The zero-order valence-electron chi connectivity index (χ0n) is 19.1. The lowest BCUT2D eigenvalue weighted by Gasteiger charge is -2.15. The molecule has 0 amide bonds. The second-order valence-electron chi connectivity index (χ2n) is 8.28. The zero-order valence-corrected chi connectivity index (χ0v) is 19.1. The van der Waals surface area contributed by atoms with Gasteiger partial charge >= 0.3 is 0 Å². The van der Waals surface area contributed by atoms with Crippen LogP contribution in [0.25, 0.3) is 0 Å². The van der Waals surface area contributed by atoms with E-state index in [1.165, 1.54) is 69.8 Å². The highest BCUT2D eigenvalue weighted by atomic mass is 16.5. The van der Waals surface area contributed by atoms with Crippen molar-refractivity contribution in [1.82, 2.24) is 4.90 Å². The summed E-state index contributed by atoms with van der Waals surface area (Å²) in [4.78, 5) is 2.18. The lowest BCUT2D eigenvalue weighted by molar-refractivity contribution is 0.288. The third-order valence-electron chi connectivity index (χ3n) is 4.97. The van der Waals surface area contributed by atoms with Crippen molar-refractivity contribution in [3.05, 3.63) is 23.8 Å². The van der Waals surface area contributed by atoms with E-state index in [0.717, 1.165) is 44.1 Å². The molecule has 3 nitrogen and oxygen atoms in total. The highest BCUT2D eigenvalue weighted by molar-refractivity contribution is 5.38. The molecule has 0 saturated heterocycles. The molecular weight excluding hydrogens is 346 g/mol. The average molecular weight is 392 g/mol. The minimum atomic E-state index is 0.800.